The molecule has 100 valence electrons. The monoisotopic (exact) mass is 279 g/mol. The van der Waals surface area contributed by atoms with Crippen LogP contribution in [0.25, 0.3) is 0 Å². The largest absolute Gasteiger partial charge is 0.399 e. The van der Waals surface area contributed by atoms with Crippen molar-refractivity contribution in [3.05, 3.63) is 64.4 Å². The summed E-state index contributed by atoms with van der Waals surface area (Å²) in [7, 11) is 0. The number of halogens is 2. The average Bonchev–Trinajstić information content (AvgIpc) is 2.39. The van der Waals surface area contributed by atoms with Gasteiger partial charge in [-0.15, -0.1) is 0 Å². The highest BCUT2D eigenvalue weighted by Crippen LogP contribution is 2.20. The van der Waals surface area contributed by atoms with Crippen LogP contribution in [-0.4, -0.2) is 6.61 Å². The molecule has 0 bridgehead atoms. The number of hydrogen-bond acceptors (Lipinski definition) is 2. The fourth-order valence-corrected chi connectivity index (χ4v) is 2.01. The Kier molecular flexibility index (Phi) is 4.77. The van der Waals surface area contributed by atoms with Gasteiger partial charge >= 0.3 is 0 Å². The number of benzene rings is 2. The highest BCUT2D eigenvalue weighted by atomic mass is 35.5. The van der Waals surface area contributed by atoms with E-state index >= 15 is 0 Å². The van der Waals surface area contributed by atoms with Crippen molar-refractivity contribution in [1.82, 2.24) is 0 Å². The number of ether oxygens (including phenoxy) is 1. The molecule has 0 fully saturated rings. The third kappa shape index (κ3) is 3.69. The molecular weight excluding hydrogens is 265 g/mol. The van der Waals surface area contributed by atoms with Gasteiger partial charge in [-0.2, -0.15) is 0 Å². The van der Waals surface area contributed by atoms with Gasteiger partial charge < -0.3 is 10.5 Å². The van der Waals surface area contributed by atoms with Crippen LogP contribution in [0.5, 0.6) is 0 Å². The second-order valence-corrected chi connectivity index (χ2v) is 4.61. The van der Waals surface area contributed by atoms with Crippen LogP contribution >= 0.6 is 11.6 Å². The number of anilines is 1. The molecular formula is C15H15ClFNO. The maximum absolute atomic E-state index is 13.5. The van der Waals surface area contributed by atoms with Crippen molar-refractivity contribution >= 4 is 17.3 Å². The van der Waals surface area contributed by atoms with Crippen LogP contribution in [0, 0.1) is 5.82 Å². The highest BCUT2D eigenvalue weighted by Gasteiger charge is 2.06. The standard InChI is InChI=1S/C15H15ClFNO/c16-13-5-3-6-14(17)12(13)10-19-9-8-11-4-1-2-7-15(11)18/h1-7H,8-10,18H2. The Labute approximate surface area is 117 Å². The van der Waals surface area contributed by atoms with Gasteiger partial charge in [0.25, 0.3) is 0 Å². The van der Waals surface area contributed by atoms with Crippen LogP contribution in [0.4, 0.5) is 10.1 Å². The maximum atomic E-state index is 13.5. The van der Waals surface area contributed by atoms with Crippen LogP contribution < -0.4 is 5.73 Å². The molecule has 2 rings (SSSR count). The van der Waals surface area contributed by atoms with Gasteiger partial charge in [-0.1, -0.05) is 35.9 Å². The molecule has 2 nitrogen and oxygen atoms in total. The molecule has 4 heteroatoms. The van der Waals surface area contributed by atoms with Crippen LogP contribution in [0.15, 0.2) is 42.5 Å². The number of nitrogens with two attached hydrogens (primary N) is 1. The summed E-state index contributed by atoms with van der Waals surface area (Å²) >= 11 is 5.91. The van der Waals surface area contributed by atoms with E-state index in [9.17, 15) is 4.39 Å². The second-order valence-electron chi connectivity index (χ2n) is 4.20. The molecule has 0 unspecified atom stereocenters. The van der Waals surface area contributed by atoms with E-state index in [1.54, 1.807) is 12.1 Å². The summed E-state index contributed by atoms with van der Waals surface area (Å²) in [4.78, 5) is 0. The first-order valence-electron chi connectivity index (χ1n) is 6.02. The fraction of sp³-hybridized carbons (Fsp3) is 0.200. The van der Waals surface area contributed by atoms with Gasteiger partial charge in [-0.05, 0) is 30.2 Å². The van der Waals surface area contributed by atoms with E-state index in [0.717, 1.165) is 11.3 Å². The minimum Gasteiger partial charge on any atom is -0.399 e. The Morgan fingerprint density at radius 3 is 2.63 bits per heavy atom. The molecule has 0 saturated heterocycles. The lowest BCUT2D eigenvalue weighted by Gasteiger charge is -2.08. The van der Waals surface area contributed by atoms with E-state index in [0.29, 0.717) is 23.6 Å². The van der Waals surface area contributed by atoms with Crippen LogP contribution in [0.1, 0.15) is 11.1 Å². The Hall–Kier alpha value is -1.58. The highest BCUT2D eigenvalue weighted by molar-refractivity contribution is 6.31. The third-order valence-electron chi connectivity index (χ3n) is 2.88. The van der Waals surface area contributed by atoms with E-state index in [4.69, 9.17) is 22.1 Å². The summed E-state index contributed by atoms with van der Waals surface area (Å²) in [5, 5.41) is 0.388. The van der Waals surface area contributed by atoms with Gasteiger partial charge in [0.05, 0.1) is 13.2 Å². The third-order valence-corrected chi connectivity index (χ3v) is 3.23. The molecule has 0 aromatic heterocycles. The predicted molar refractivity (Wildman–Crippen MR) is 75.6 cm³/mol. The molecule has 0 aliphatic heterocycles. The molecule has 2 aromatic rings. The average molecular weight is 280 g/mol. The molecule has 0 atom stereocenters. The molecule has 0 radical (unpaired) electrons. The first-order chi connectivity index (χ1) is 9.18. The number of nitrogen functional groups attached to an aromatic ring is 1. The second kappa shape index (κ2) is 6.55. The normalized spacial score (nSPS) is 10.6. The summed E-state index contributed by atoms with van der Waals surface area (Å²) in [6.45, 7) is 0.636. The van der Waals surface area contributed by atoms with Crippen LogP contribution in [-0.2, 0) is 17.8 Å². The van der Waals surface area contributed by atoms with Gasteiger partial charge in [-0.25, -0.2) is 4.39 Å². The van der Waals surface area contributed by atoms with E-state index in [-0.39, 0.29) is 12.4 Å². The van der Waals surface area contributed by atoms with Gasteiger partial charge in [0, 0.05) is 16.3 Å². The van der Waals surface area contributed by atoms with Gasteiger partial charge in [-0.3, -0.25) is 0 Å². The van der Waals surface area contributed by atoms with E-state index in [1.165, 1.54) is 6.07 Å². The summed E-state index contributed by atoms with van der Waals surface area (Å²) in [6, 6.07) is 12.2. The lowest BCUT2D eigenvalue weighted by atomic mass is 10.1. The molecule has 0 saturated carbocycles. The lowest BCUT2D eigenvalue weighted by molar-refractivity contribution is 0.121. The molecule has 0 heterocycles. The molecule has 0 aliphatic carbocycles. The van der Waals surface area contributed by atoms with Crippen molar-refractivity contribution in [1.29, 1.82) is 0 Å². The molecule has 2 aromatic carbocycles. The quantitative estimate of drug-likeness (QED) is 0.667. The Balaban J connectivity index is 1.86. The van der Waals surface area contributed by atoms with Gasteiger partial charge in [0.1, 0.15) is 5.82 Å². The molecule has 2 N–H and O–H groups in total. The molecule has 0 spiro atoms. The van der Waals surface area contributed by atoms with Crippen molar-refractivity contribution < 1.29 is 9.13 Å². The zero-order valence-electron chi connectivity index (χ0n) is 10.4. The van der Waals surface area contributed by atoms with E-state index < -0.39 is 0 Å². The SMILES string of the molecule is Nc1ccccc1CCOCc1c(F)cccc1Cl. The van der Waals surface area contributed by atoms with Crippen molar-refractivity contribution in [3.8, 4) is 0 Å². The predicted octanol–water partition coefficient (Wildman–Crippen LogP) is 3.82. The number of rotatable bonds is 5. The Morgan fingerprint density at radius 1 is 1.11 bits per heavy atom. The summed E-state index contributed by atoms with van der Waals surface area (Å²) < 4.78 is 18.9. The molecule has 0 amide bonds. The van der Waals surface area contributed by atoms with Crippen LogP contribution in [0.3, 0.4) is 0 Å². The fourth-order valence-electron chi connectivity index (χ4n) is 1.79. The number of hydrogen-bond donors (Lipinski definition) is 1. The van der Waals surface area contributed by atoms with Crippen molar-refractivity contribution in [2.75, 3.05) is 12.3 Å². The molecule has 0 aliphatic rings. The smallest absolute Gasteiger partial charge is 0.130 e. The summed E-state index contributed by atoms with van der Waals surface area (Å²) in [6.07, 6.45) is 0.693. The van der Waals surface area contributed by atoms with Crippen LogP contribution in [0.2, 0.25) is 5.02 Å². The topological polar surface area (TPSA) is 35.2 Å². The maximum Gasteiger partial charge on any atom is 0.130 e. The first-order valence-corrected chi connectivity index (χ1v) is 6.40. The number of para-hydroxylation sites is 1. The molecule has 19 heavy (non-hydrogen) atoms. The first kappa shape index (κ1) is 13.8. The summed E-state index contributed by atoms with van der Waals surface area (Å²) in [5.41, 5.74) is 7.99. The van der Waals surface area contributed by atoms with Gasteiger partial charge in [0.2, 0.25) is 0 Å². The van der Waals surface area contributed by atoms with E-state index in [1.807, 2.05) is 24.3 Å². The summed E-state index contributed by atoms with van der Waals surface area (Å²) in [5.74, 6) is -0.341. The van der Waals surface area contributed by atoms with Crippen molar-refractivity contribution in [3.63, 3.8) is 0 Å². The lowest BCUT2D eigenvalue weighted by Crippen LogP contribution is -2.03. The Bertz CT molecular complexity index is 539. The zero-order chi connectivity index (χ0) is 13.7. The zero-order valence-corrected chi connectivity index (χ0v) is 11.2. The van der Waals surface area contributed by atoms with Gasteiger partial charge in [0.15, 0.2) is 0 Å². The minimum absolute atomic E-state index is 0.165. The van der Waals surface area contributed by atoms with Crippen molar-refractivity contribution in [2.24, 2.45) is 0 Å². The van der Waals surface area contributed by atoms with Crippen molar-refractivity contribution in [2.45, 2.75) is 13.0 Å². The Morgan fingerprint density at radius 2 is 1.89 bits per heavy atom. The minimum atomic E-state index is -0.341. The van der Waals surface area contributed by atoms with E-state index in [2.05, 4.69) is 0 Å².